The van der Waals surface area contributed by atoms with E-state index in [9.17, 15) is 9.90 Å². The minimum Gasteiger partial charge on any atom is -0.390 e. The van der Waals surface area contributed by atoms with E-state index in [4.69, 9.17) is 8.48 Å². The topological polar surface area (TPSA) is 66.6 Å². The van der Waals surface area contributed by atoms with Crippen LogP contribution in [0.1, 0.15) is 61.0 Å². The summed E-state index contributed by atoms with van der Waals surface area (Å²) in [4.78, 5) is 15.0. The molecule has 122 valence electrons. The van der Waals surface area contributed by atoms with E-state index in [1.807, 2.05) is 6.92 Å². The van der Waals surface area contributed by atoms with Gasteiger partial charge in [0.2, 0.25) is 5.91 Å². The summed E-state index contributed by atoms with van der Waals surface area (Å²) < 4.78 is 16.1. The molecule has 3 N–H and O–H groups in total. The van der Waals surface area contributed by atoms with Crippen LogP contribution >= 0.6 is 0 Å². The van der Waals surface area contributed by atoms with Crippen LogP contribution in [0.3, 0.4) is 0 Å². The molecule has 6 fully saturated rings. The first-order chi connectivity index (χ1) is 11.2. The first-order valence-electron chi connectivity index (χ1n) is 9.95. The van der Waals surface area contributed by atoms with Crippen LogP contribution < -0.4 is 5.73 Å². The molecule has 0 spiro atoms. The first-order valence-corrected chi connectivity index (χ1v) is 8.95. The fourth-order valence-corrected chi connectivity index (χ4v) is 6.82. The van der Waals surface area contributed by atoms with Gasteiger partial charge in [0.05, 0.1) is 11.6 Å². The lowest BCUT2D eigenvalue weighted by Crippen LogP contribution is -2.64. The van der Waals surface area contributed by atoms with Crippen LogP contribution in [-0.2, 0) is 4.79 Å². The van der Waals surface area contributed by atoms with Gasteiger partial charge in [-0.25, -0.2) is 0 Å². The van der Waals surface area contributed by atoms with E-state index in [0.29, 0.717) is 18.3 Å². The molecule has 6 rings (SSSR count). The van der Waals surface area contributed by atoms with E-state index in [0.717, 1.165) is 32.1 Å². The Bertz CT molecular complexity index is 596. The second-order valence-corrected chi connectivity index (χ2v) is 9.07. The van der Waals surface area contributed by atoms with Crippen molar-refractivity contribution in [3.63, 3.8) is 0 Å². The maximum Gasteiger partial charge on any atom is 0.240 e. The molecule has 0 aromatic rings. The molecule has 1 saturated heterocycles. The Morgan fingerprint density at radius 1 is 1.32 bits per heavy atom. The third kappa shape index (κ3) is 1.74. The van der Waals surface area contributed by atoms with E-state index in [1.165, 1.54) is 6.42 Å². The normalized spacial score (nSPS) is 59.8. The third-order valence-electron chi connectivity index (χ3n) is 7.28. The zero-order valence-electron chi connectivity index (χ0n) is 15.3. The molecule has 1 amide bonds. The molecule has 1 heterocycles. The molecule has 0 aromatic carbocycles. The van der Waals surface area contributed by atoms with E-state index < -0.39 is 18.0 Å². The van der Waals surface area contributed by atoms with Crippen molar-refractivity contribution >= 4 is 5.91 Å². The molecular weight excluding hydrogens is 276 g/mol. The number of hydrogen-bond donors (Lipinski definition) is 2. The van der Waals surface area contributed by atoms with Gasteiger partial charge >= 0.3 is 0 Å². The van der Waals surface area contributed by atoms with Gasteiger partial charge in [0, 0.05) is 14.8 Å². The van der Waals surface area contributed by atoms with E-state index >= 15 is 0 Å². The van der Waals surface area contributed by atoms with Crippen LogP contribution in [0.4, 0.5) is 0 Å². The number of nitrogens with zero attached hydrogens (tertiary/aromatic N) is 1. The summed E-state index contributed by atoms with van der Waals surface area (Å²) in [6.07, 6.45) is 5.02. The van der Waals surface area contributed by atoms with Crippen molar-refractivity contribution in [3.8, 4) is 0 Å². The maximum absolute atomic E-state index is 13.3. The van der Waals surface area contributed by atoms with Gasteiger partial charge in [0.25, 0.3) is 0 Å². The number of carbonyl (C=O) groups is 1. The number of rotatable bonds is 2. The fourth-order valence-electron chi connectivity index (χ4n) is 6.82. The highest BCUT2D eigenvalue weighted by molar-refractivity contribution is 5.84. The zero-order valence-corrected chi connectivity index (χ0v) is 13.3. The Kier molecular flexibility index (Phi) is 2.19. The summed E-state index contributed by atoms with van der Waals surface area (Å²) in [5.41, 5.74) is 5.68. The van der Waals surface area contributed by atoms with Crippen LogP contribution in [0.2, 0.25) is 0 Å². The SMILES string of the molecule is [2H]C1([2H])[C@H]2C[C@@H](C)N(C(=O)[C@@H](N)C34CC5CC(CC(O)(C5)C3)C4)[C@H]21. The summed E-state index contributed by atoms with van der Waals surface area (Å²) in [7, 11) is 0. The lowest BCUT2D eigenvalue weighted by atomic mass is 9.46. The highest BCUT2D eigenvalue weighted by Gasteiger charge is 2.62. The highest BCUT2D eigenvalue weighted by atomic mass is 16.3. The lowest BCUT2D eigenvalue weighted by molar-refractivity contribution is -0.177. The Labute approximate surface area is 135 Å². The molecule has 5 aliphatic carbocycles. The molecule has 0 radical (unpaired) electrons. The number of fused-ring (bicyclic) bond motifs is 1. The van der Waals surface area contributed by atoms with Crippen molar-refractivity contribution in [2.24, 2.45) is 28.9 Å². The summed E-state index contributed by atoms with van der Waals surface area (Å²) >= 11 is 0. The van der Waals surface area contributed by atoms with Crippen molar-refractivity contribution in [2.75, 3.05) is 0 Å². The number of likely N-dealkylation sites (tertiary alicyclic amines) is 1. The second-order valence-electron chi connectivity index (χ2n) is 9.07. The number of hydrogen-bond acceptors (Lipinski definition) is 3. The van der Waals surface area contributed by atoms with Gasteiger partial charge in [-0.1, -0.05) is 0 Å². The quantitative estimate of drug-likeness (QED) is 0.815. The van der Waals surface area contributed by atoms with Crippen LogP contribution in [0.25, 0.3) is 0 Å². The van der Waals surface area contributed by atoms with Gasteiger partial charge < -0.3 is 15.7 Å². The van der Waals surface area contributed by atoms with Crippen LogP contribution in [-0.4, -0.2) is 39.6 Å². The molecule has 0 aromatic heterocycles. The van der Waals surface area contributed by atoms with Gasteiger partial charge in [-0.05, 0) is 81.4 Å². The van der Waals surface area contributed by atoms with Crippen LogP contribution in [0.5, 0.6) is 0 Å². The van der Waals surface area contributed by atoms with Gasteiger partial charge in [-0.3, -0.25) is 4.79 Å². The van der Waals surface area contributed by atoms with Crippen LogP contribution in [0, 0.1) is 23.2 Å². The van der Waals surface area contributed by atoms with Crippen molar-refractivity contribution in [2.45, 2.75) is 82.0 Å². The van der Waals surface area contributed by atoms with Gasteiger partial charge in [0.15, 0.2) is 0 Å². The van der Waals surface area contributed by atoms with Crippen LogP contribution in [0.15, 0.2) is 0 Å². The van der Waals surface area contributed by atoms with Crippen molar-refractivity contribution in [3.05, 3.63) is 0 Å². The predicted octanol–water partition coefficient (Wildman–Crippen LogP) is 1.65. The number of nitrogens with two attached hydrogens (primary N) is 1. The molecular formula is C18H28N2O2. The minimum atomic E-state index is -1.23. The number of aliphatic hydroxyl groups is 1. The predicted molar refractivity (Wildman–Crippen MR) is 82.9 cm³/mol. The monoisotopic (exact) mass is 306 g/mol. The number of piperidine rings is 1. The van der Waals surface area contributed by atoms with Crippen molar-refractivity contribution in [1.82, 2.24) is 4.90 Å². The Hall–Kier alpha value is -0.610. The number of amides is 1. The molecule has 2 unspecified atom stereocenters. The van der Waals surface area contributed by atoms with Crippen molar-refractivity contribution in [1.29, 1.82) is 0 Å². The Morgan fingerprint density at radius 2 is 2.00 bits per heavy atom. The summed E-state index contributed by atoms with van der Waals surface area (Å²) in [6, 6.07) is -0.782. The standard InChI is InChI=1S/C18H28N2O2/c1-10-2-13-4-14(13)20(10)16(21)15(19)17-5-11-3-12(6-17)8-18(22,7-11)9-17/h10-15,22H,2-9,19H2,1H3/t10-,11?,12?,13-,14+,15-,17?,18?/m1/s1/i4D2. The van der Waals surface area contributed by atoms with Gasteiger partial charge in [-0.2, -0.15) is 0 Å². The van der Waals surface area contributed by atoms with Gasteiger partial charge in [-0.15, -0.1) is 0 Å². The molecule has 22 heavy (non-hydrogen) atoms. The second kappa shape index (κ2) is 4.07. The largest absolute Gasteiger partial charge is 0.390 e. The summed E-state index contributed by atoms with van der Waals surface area (Å²) in [5.74, 6) is 0.934. The third-order valence-corrected chi connectivity index (χ3v) is 7.28. The lowest BCUT2D eigenvalue weighted by Gasteiger charge is -2.61. The zero-order chi connectivity index (χ0) is 17.1. The molecule has 5 saturated carbocycles. The molecule has 6 aliphatic rings. The smallest absolute Gasteiger partial charge is 0.240 e. The van der Waals surface area contributed by atoms with Gasteiger partial charge in [0.1, 0.15) is 0 Å². The Morgan fingerprint density at radius 3 is 2.59 bits per heavy atom. The first kappa shape index (κ1) is 11.9. The van der Waals surface area contributed by atoms with E-state index in [-0.39, 0.29) is 29.3 Å². The molecule has 4 bridgehead atoms. The van der Waals surface area contributed by atoms with E-state index in [2.05, 4.69) is 0 Å². The fraction of sp³-hybridized carbons (Fsp3) is 0.944. The minimum absolute atomic E-state index is 0.0100. The molecule has 4 nitrogen and oxygen atoms in total. The average Bonchev–Trinajstić information content (AvgIpc) is 2.81. The van der Waals surface area contributed by atoms with Crippen molar-refractivity contribution < 1.29 is 12.6 Å². The Balaban J connectivity index is 1.42. The molecule has 4 heteroatoms. The average molecular weight is 306 g/mol. The summed E-state index contributed by atoms with van der Waals surface area (Å²) in [6.45, 7) is 2.01. The molecule has 6 atom stereocenters. The van der Waals surface area contributed by atoms with E-state index in [1.54, 1.807) is 4.90 Å². The number of carbonyl (C=O) groups excluding carboxylic acids is 1. The molecule has 1 aliphatic heterocycles. The maximum atomic E-state index is 13.3. The summed E-state index contributed by atoms with van der Waals surface area (Å²) in [5, 5.41) is 10.9. The highest BCUT2D eigenvalue weighted by Crippen LogP contribution is 2.63.